The smallest absolute Gasteiger partial charge is 0.257 e. The molecule has 1 aliphatic rings. The Balaban J connectivity index is 1.68. The van der Waals surface area contributed by atoms with Crippen molar-refractivity contribution in [1.82, 2.24) is 14.7 Å². The summed E-state index contributed by atoms with van der Waals surface area (Å²) in [5.74, 6) is -0.150. The summed E-state index contributed by atoms with van der Waals surface area (Å²) in [6.45, 7) is 3.01. The van der Waals surface area contributed by atoms with Gasteiger partial charge in [-0.3, -0.25) is 9.48 Å². The Morgan fingerprint density at radius 1 is 1.00 bits per heavy atom. The van der Waals surface area contributed by atoms with Crippen molar-refractivity contribution in [2.24, 2.45) is 0 Å². The molecule has 1 aliphatic heterocycles. The second kappa shape index (κ2) is 7.83. The van der Waals surface area contributed by atoms with Crippen LogP contribution in [0, 0.1) is 6.92 Å². The molecule has 1 amide bonds. The number of carbonyl (C=O) groups is 1. The summed E-state index contributed by atoms with van der Waals surface area (Å²) >= 11 is 0. The number of hydrogen-bond acceptors (Lipinski definition) is 4. The molecule has 6 nitrogen and oxygen atoms in total. The van der Waals surface area contributed by atoms with Crippen LogP contribution < -0.4 is 0 Å². The number of hydrogen-bond donors (Lipinski definition) is 0. The highest BCUT2D eigenvalue weighted by Gasteiger charge is 2.28. The van der Waals surface area contributed by atoms with Crippen molar-refractivity contribution in [3.63, 3.8) is 0 Å². The van der Waals surface area contributed by atoms with Gasteiger partial charge in [0.25, 0.3) is 5.91 Å². The Bertz CT molecular complexity index is 1110. The van der Waals surface area contributed by atoms with Gasteiger partial charge in [-0.05, 0) is 12.5 Å². The zero-order valence-electron chi connectivity index (χ0n) is 16.3. The fourth-order valence-corrected chi connectivity index (χ4v) is 4.64. The van der Waals surface area contributed by atoms with Crippen molar-refractivity contribution in [2.45, 2.75) is 13.5 Å². The zero-order chi connectivity index (χ0) is 20.4. The minimum atomic E-state index is -3.05. The minimum Gasteiger partial charge on any atom is -0.336 e. The maximum atomic E-state index is 13.2. The second-order valence-corrected chi connectivity index (χ2v) is 9.69. The third-order valence-corrected chi connectivity index (χ3v) is 6.75. The monoisotopic (exact) mass is 409 g/mol. The van der Waals surface area contributed by atoms with Gasteiger partial charge >= 0.3 is 0 Å². The lowest BCUT2D eigenvalue weighted by Crippen LogP contribution is -2.43. The summed E-state index contributed by atoms with van der Waals surface area (Å²) in [7, 11) is -3.05. The number of carbonyl (C=O) groups excluding carboxylic acids is 1. The molecule has 0 atom stereocenters. The first-order valence-corrected chi connectivity index (χ1v) is 11.4. The summed E-state index contributed by atoms with van der Waals surface area (Å²) in [5, 5.41) is 4.70. The summed E-state index contributed by atoms with van der Waals surface area (Å²) < 4.78 is 25.2. The van der Waals surface area contributed by atoms with Gasteiger partial charge in [0.15, 0.2) is 9.84 Å². The van der Waals surface area contributed by atoms with E-state index in [0.29, 0.717) is 17.8 Å². The molecule has 4 rings (SSSR count). The van der Waals surface area contributed by atoms with Crippen LogP contribution >= 0.6 is 0 Å². The zero-order valence-corrected chi connectivity index (χ0v) is 17.1. The fraction of sp³-hybridized carbons (Fsp3) is 0.273. The van der Waals surface area contributed by atoms with Crippen molar-refractivity contribution in [3.05, 3.63) is 77.5 Å². The highest BCUT2D eigenvalue weighted by atomic mass is 32.2. The number of amides is 1. The third-order valence-electron chi connectivity index (χ3n) is 5.14. The molecule has 0 spiro atoms. The molecule has 3 aromatic rings. The topological polar surface area (TPSA) is 72.3 Å². The maximum Gasteiger partial charge on any atom is 0.257 e. The molecule has 150 valence electrons. The predicted molar refractivity (Wildman–Crippen MR) is 113 cm³/mol. The summed E-state index contributed by atoms with van der Waals surface area (Å²) in [6, 6.07) is 17.8. The van der Waals surface area contributed by atoms with Crippen molar-refractivity contribution < 1.29 is 13.2 Å². The second-order valence-electron chi connectivity index (χ2n) is 7.38. The van der Waals surface area contributed by atoms with E-state index in [1.54, 1.807) is 15.8 Å². The average molecular weight is 410 g/mol. The average Bonchev–Trinajstić information content (AvgIpc) is 3.12. The maximum absolute atomic E-state index is 13.2. The van der Waals surface area contributed by atoms with E-state index in [-0.39, 0.29) is 30.5 Å². The molecule has 0 radical (unpaired) electrons. The Kier molecular flexibility index (Phi) is 5.24. The van der Waals surface area contributed by atoms with E-state index < -0.39 is 9.84 Å². The van der Waals surface area contributed by atoms with E-state index in [9.17, 15) is 13.2 Å². The summed E-state index contributed by atoms with van der Waals surface area (Å²) in [6.07, 6.45) is 1.77. The van der Waals surface area contributed by atoms with Crippen LogP contribution in [-0.4, -0.2) is 53.6 Å². The van der Waals surface area contributed by atoms with Gasteiger partial charge < -0.3 is 4.90 Å². The van der Waals surface area contributed by atoms with Gasteiger partial charge in [-0.2, -0.15) is 5.10 Å². The van der Waals surface area contributed by atoms with Gasteiger partial charge in [0.2, 0.25) is 0 Å². The van der Waals surface area contributed by atoms with E-state index in [1.807, 2.05) is 61.5 Å². The molecule has 1 fully saturated rings. The predicted octanol–water partition coefficient (Wildman–Crippen LogP) is 2.78. The van der Waals surface area contributed by atoms with E-state index >= 15 is 0 Å². The van der Waals surface area contributed by atoms with Gasteiger partial charge in [0, 0.05) is 24.8 Å². The molecular weight excluding hydrogens is 386 g/mol. The Morgan fingerprint density at radius 2 is 1.66 bits per heavy atom. The summed E-state index contributed by atoms with van der Waals surface area (Å²) in [4.78, 5) is 14.8. The van der Waals surface area contributed by atoms with Crippen LogP contribution in [0.15, 0.2) is 60.8 Å². The quantitative estimate of drug-likeness (QED) is 0.664. The highest BCUT2D eigenvalue weighted by Crippen LogP contribution is 2.25. The number of aryl methyl sites for hydroxylation is 1. The molecule has 1 saturated heterocycles. The van der Waals surface area contributed by atoms with Crippen LogP contribution in [0.4, 0.5) is 0 Å². The third kappa shape index (κ3) is 4.40. The lowest BCUT2D eigenvalue weighted by Gasteiger charge is -2.26. The first kappa shape index (κ1) is 19.4. The molecule has 7 heteroatoms. The van der Waals surface area contributed by atoms with Crippen LogP contribution in [0.25, 0.3) is 11.3 Å². The molecule has 0 unspecified atom stereocenters. The van der Waals surface area contributed by atoms with E-state index in [0.717, 1.165) is 16.7 Å². The van der Waals surface area contributed by atoms with Crippen LogP contribution in [-0.2, 0) is 16.4 Å². The summed E-state index contributed by atoms with van der Waals surface area (Å²) in [5.41, 5.74) is 4.22. The van der Waals surface area contributed by atoms with Crippen molar-refractivity contribution >= 4 is 15.7 Å². The number of aromatic nitrogens is 2. The van der Waals surface area contributed by atoms with Crippen molar-refractivity contribution in [1.29, 1.82) is 0 Å². The van der Waals surface area contributed by atoms with Gasteiger partial charge in [-0.25, -0.2) is 8.42 Å². The Hall–Kier alpha value is -2.93. The minimum absolute atomic E-state index is 0.0107. The van der Waals surface area contributed by atoms with Crippen molar-refractivity contribution in [2.75, 3.05) is 24.6 Å². The number of nitrogens with zero attached hydrogens (tertiary/aromatic N) is 3. The van der Waals surface area contributed by atoms with Crippen LogP contribution in [0.5, 0.6) is 0 Å². The molecule has 1 aromatic heterocycles. The SMILES string of the molecule is Cc1ccc(-c2nn(Cc3ccccc3)cc2C(=O)N2CCS(=O)(=O)CC2)cc1. The van der Waals surface area contributed by atoms with Crippen molar-refractivity contribution in [3.8, 4) is 11.3 Å². The lowest BCUT2D eigenvalue weighted by molar-refractivity contribution is 0.0771. The first-order chi connectivity index (χ1) is 13.9. The number of sulfone groups is 1. The van der Waals surface area contributed by atoms with Gasteiger partial charge in [0.05, 0.1) is 23.6 Å². The van der Waals surface area contributed by atoms with Crippen LogP contribution in [0.3, 0.4) is 0 Å². The van der Waals surface area contributed by atoms with E-state index in [1.165, 1.54) is 0 Å². The Labute approximate surface area is 170 Å². The molecule has 0 aliphatic carbocycles. The number of benzene rings is 2. The molecule has 0 N–H and O–H groups in total. The largest absolute Gasteiger partial charge is 0.336 e. The molecule has 0 bridgehead atoms. The highest BCUT2D eigenvalue weighted by molar-refractivity contribution is 7.91. The molecular formula is C22H23N3O3S. The van der Waals surface area contributed by atoms with E-state index in [4.69, 9.17) is 5.10 Å². The van der Waals surface area contributed by atoms with Gasteiger partial charge in [-0.15, -0.1) is 0 Å². The lowest BCUT2D eigenvalue weighted by atomic mass is 10.1. The number of rotatable bonds is 4. The molecule has 0 saturated carbocycles. The Morgan fingerprint density at radius 3 is 2.31 bits per heavy atom. The molecule has 29 heavy (non-hydrogen) atoms. The van der Waals surface area contributed by atoms with E-state index in [2.05, 4.69) is 0 Å². The first-order valence-electron chi connectivity index (χ1n) is 9.59. The van der Waals surface area contributed by atoms with Gasteiger partial charge in [0.1, 0.15) is 5.69 Å². The van der Waals surface area contributed by atoms with Gasteiger partial charge in [-0.1, -0.05) is 60.2 Å². The normalized spacial score (nSPS) is 16.0. The molecule has 2 aromatic carbocycles. The molecule has 2 heterocycles. The standard InChI is InChI=1S/C22H23N3O3S/c1-17-7-9-19(10-8-17)21-20(22(26)24-11-13-29(27,28)14-12-24)16-25(23-21)15-18-5-3-2-4-6-18/h2-10,16H,11-15H2,1H3. The fourth-order valence-electron chi connectivity index (χ4n) is 3.44. The van der Waals surface area contributed by atoms with Crippen LogP contribution in [0.2, 0.25) is 0 Å². The van der Waals surface area contributed by atoms with Crippen LogP contribution in [0.1, 0.15) is 21.5 Å².